The number of phenols is 1. The molecule has 0 fully saturated rings. The fourth-order valence-electron chi connectivity index (χ4n) is 3.08. The maximum Gasteiger partial charge on any atom is 0.143 e. The molecule has 1 aliphatic rings. The Morgan fingerprint density at radius 1 is 1.14 bits per heavy atom. The normalized spacial score (nSPS) is 16.4. The highest BCUT2D eigenvalue weighted by Gasteiger charge is 2.36. The molecule has 1 heterocycles. The second-order valence-corrected chi connectivity index (χ2v) is 6.13. The van der Waals surface area contributed by atoms with Gasteiger partial charge in [0, 0.05) is 12.6 Å². The molecule has 1 aliphatic heterocycles. The van der Waals surface area contributed by atoms with Crippen molar-refractivity contribution in [1.82, 2.24) is 0 Å². The lowest BCUT2D eigenvalue weighted by molar-refractivity contribution is 0.0572. The first-order chi connectivity index (χ1) is 10.1. The Balaban J connectivity index is 2.19. The number of phenolic OH excluding ortho intramolecular Hbond substituents is 1. The van der Waals surface area contributed by atoms with Gasteiger partial charge in [0.15, 0.2) is 0 Å². The van der Waals surface area contributed by atoms with Crippen LogP contribution in [0.2, 0.25) is 0 Å². The summed E-state index contributed by atoms with van der Waals surface area (Å²) in [7, 11) is 0. The lowest BCUT2D eigenvalue weighted by Gasteiger charge is -2.44. The van der Waals surface area contributed by atoms with Crippen molar-refractivity contribution in [3.8, 4) is 11.5 Å². The molecule has 1 aromatic carbocycles. The van der Waals surface area contributed by atoms with Crippen molar-refractivity contribution >= 4 is 5.69 Å². The molecular weight excluding hydrogens is 262 g/mol. The number of aromatic hydroxyl groups is 1. The zero-order valence-corrected chi connectivity index (χ0v) is 13.7. The van der Waals surface area contributed by atoms with E-state index in [4.69, 9.17) is 4.74 Å². The third-order valence-electron chi connectivity index (χ3n) is 4.66. The molecule has 0 bridgehead atoms. The Labute approximate surface area is 128 Å². The maximum absolute atomic E-state index is 9.78. The number of rotatable bonds is 7. The number of benzene rings is 1. The van der Waals surface area contributed by atoms with Crippen molar-refractivity contribution in [3.63, 3.8) is 0 Å². The monoisotopic (exact) mass is 291 g/mol. The van der Waals surface area contributed by atoms with Crippen molar-refractivity contribution in [2.75, 3.05) is 18.0 Å². The third-order valence-corrected chi connectivity index (χ3v) is 4.66. The van der Waals surface area contributed by atoms with E-state index in [1.165, 1.54) is 25.7 Å². The summed E-state index contributed by atoms with van der Waals surface area (Å²) in [6.07, 6.45) is 7.04. The highest BCUT2D eigenvalue weighted by Crippen LogP contribution is 2.41. The van der Waals surface area contributed by atoms with Crippen LogP contribution in [0, 0.1) is 0 Å². The van der Waals surface area contributed by atoms with Crippen LogP contribution in [0.25, 0.3) is 0 Å². The van der Waals surface area contributed by atoms with E-state index in [1.54, 1.807) is 6.07 Å². The molecule has 2 rings (SSSR count). The summed E-state index contributed by atoms with van der Waals surface area (Å²) >= 11 is 0. The summed E-state index contributed by atoms with van der Waals surface area (Å²) in [5.41, 5.74) is 0.957. The molecule has 1 N–H and O–H groups in total. The Kier molecular flexibility index (Phi) is 5.38. The van der Waals surface area contributed by atoms with E-state index >= 15 is 0 Å². The second-order valence-electron chi connectivity index (χ2n) is 6.13. The molecule has 0 aromatic heterocycles. The van der Waals surface area contributed by atoms with Gasteiger partial charge < -0.3 is 14.7 Å². The third kappa shape index (κ3) is 3.63. The number of nitrogens with zero attached hydrogens (tertiary/aromatic N) is 1. The molecule has 3 nitrogen and oxygen atoms in total. The lowest BCUT2D eigenvalue weighted by atomic mass is 9.93. The van der Waals surface area contributed by atoms with E-state index in [0.717, 1.165) is 37.4 Å². The molecule has 118 valence electrons. The predicted octanol–water partition coefficient (Wildman–Crippen LogP) is 4.73. The van der Waals surface area contributed by atoms with Gasteiger partial charge in [0.2, 0.25) is 0 Å². The topological polar surface area (TPSA) is 32.7 Å². The van der Waals surface area contributed by atoms with Crippen molar-refractivity contribution < 1.29 is 9.84 Å². The van der Waals surface area contributed by atoms with Crippen LogP contribution in [0.4, 0.5) is 5.69 Å². The molecule has 0 unspecified atom stereocenters. The minimum Gasteiger partial charge on any atom is -0.508 e. The quantitative estimate of drug-likeness (QED) is 0.737. The smallest absolute Gasteiger partial charge is 0.143 e. The van der Waals surface area contributed by atoms with Crippen LogP contribution in [0.5, 0.6) is 11.5 Å². The van der Waals surface area contributed by atoms with Gasteiger partial charge >= 0.3 is 0 Å². The van der Waals surface area contributed by atoms with Gasteiger partial charge in [-0.15, -0.1) is 0 Å². The van der Waals surface area contributed by atoms with Crippen molar-refractivity contribution in [1.29, 1.82) is 0 Å². The summed E-state index contributed by atoms with van der Waals surface area (Å²) in [6.45, 7) is 8.60. The van der Waals surface area contributed by atoms with Crippen LogP contribution in [0.1, 0.15) is 59.3 Å². The standard InChI is InChI=1S/C18H29NO2/c1-4-7-8-9-12-19-14-18(5-2,6-3)21-17-11-10-15(20)13-16(17)19/h10-11,13,20H,4-9,12,14H2,1-3H3. The molecule has 0 saturated heterocycles. The van der Waals surface area contributed by atoms with Crippen molar-refractivity contribution in [2.24, 2.45) is 0 Å². The van der Waals surface area contributed by atoms with Crippen LogP contribution >= 0.6 is 0 Å². The van der Waals surface area contributed by atoms with E-state index in [2.05, 4.69) is 25.7 Å². The molecule has 0 spiro atoms. The summed E-state index contributed by atoms with van der Waals surface area (Å²) in [5, 5.41) is 9.78. The van der Waals surface area contributed by atoms with Gasteiger partial charge in [-0.1, -0.05) is 40.0 Å². The Morgan fingerprint density at radius 3 is 2.57 bits per heavy atom. The SMILES string of the molecule is CCCCCCN1CC(CC)(CC)Oc2ccc(O)cc21. The van der Waals surface area contributed by atoms with Crippen LogP contribution in [-0.2, 0) is 0 Å². The summed E-state index contributed by atoms with van der Waals surface area (Å²) < 4.78 is 6.28. The first-order valence-corrected chi connectivity index (χ1v) is 8.41. The van der Waals surface area contributed by atoms with E-state index in [0.29, 0.717) is 5.75 Å². The minimum atomic E-state index is -0.0886. The molecule has 3 heteroatoms. The number of ether oxygens (including phenoxy) is 1. The molecule has 0 aliphatic carbocycles. The summed E-state index contributed by atoms with van der Waals surface area (Å²) in [4.78, 5) is 2.40. The lowest BCUT2D eigenvalue weighted by Crippen LogP contribution is -2.50. The number of hydrogen-bond donors (Lipinski definition) is 1. The Bertz CT molecular complexity index is 455. The summed E-state index contributed by atoms with van der Waals surface area (Å²) in [5.74, 6) is 1.23. The largest absolute Gasteiger partial charge is 0.508 e. The van der Waals surface area contributed by atoms with Crippen LogP contribution in [0.15, 0.2) is 18.2 Å². The van der Waals surface area contributed by atoms with E-state index in [1.807, 2.05) is 12.1 Å². The van der Waals surface area contributed by atoms with Crippen LogP contribution < -0.4 is 9.64 Å². The van der Waals surface area contributed by atoms with E-state index in [-0.39, 0.29) is 5.60 Å². The zero-order valence-electron chi connectivity index (χ0n) is 13.7. The molecular formula is C18H29NO2. The first kappa shape index (κ1) is 16.0. The molecule has 1 aromatic rings. The van der Waals surface area contributed by atoms with E-state index in [9.17, 15) is 5.11 Å². The number of unbranched alkanes of at least 4 members (excludes halogenated alkanes) is 3. The van der Waals surface area contributed by atoms with Gasteiger partial charge in [0.1, 0.15) is 17.1 Å². The van der Waals surface area contributed by atoms with Gasteiger partial charge in [-0.25, -0.2) is 0 Å². The predicted molar refractivity (Wildman–Crippen MR) is 88.4 cm³/mol. The number of anilines is 1. The average Bonchev–Trinajstić information content (AvgIpc) is 2.51. The molecule has 21 heavy (non-hydrogen) atoms. The fraction of sp³-hybridized carbons (Fsp3) is 0.667. The van der Waals surface area contributed by atoms with Gasteiger partial charge in [0.25, 0.3) is 0 Å². The van der Waals surface area contributed by atoms with Gasteiger partial charge in [-0.2, -0.15) is 0 Å². The first-order valence-electron chi connectivity index (χ1n) is 8.41. The number of fused-ring (bicyclic) bond motifs is 1. The Morgan fingerprint density at radius 2 is 1.90 bits per heavy atom. The molecule has 0 saturated carbocycles. The average molecular weight is 291 g/mol. The van der Waals surface area contributed by atoms with Crippen LogP contribution in [0.3, 0.4) is 0 Å². The van der Waals surface area contributed by atoms with Crippen molar-refractivity contribution in [3.05, 3.63) is 18.2 Å². The second kappa shape index (κ2) is 7.06. The number of hydrogen-bond acceptors (Lipinski definition) is 3. The minimum absolute atomic E-state index is 0.0886. The van der Waals surface area contributed by atoms with E-state index < -0.39 is 0 Å². The van der Waals surface area contributed by atoms with Gasteiger partial charge in [0.05, 0.1) is 12.2 Å². The zero-order chi connectivity index (χ0) is 15.3. The van der Waals surface area contributed by atoms with Crippen molar-refractivity contribution in [2.45, 2.75) is 64.9 Å². The highest BCUT2D eigenvalue weighted by atomic mass is 16.5. The Hall–Kier alpha value is -1.38. The van der Waals surface area contributed by atoms with Gasteiger partial charge in [-0.05, 0) is 31.4 Å². The maximum atomic E-state index is 9.78. The highest BCUT2D eigenvalue weighted by molar-refractivity contribution is 5.63. The fourth-order valence-corrected chi connectivity index (χ4v) is 3.08. The van der Waals surface area contributed by atoms with Crippen LogP contribution in [-0.4, -0.2) is 23.8 Å². The molecule has 0 radical (unpaired) electrons. The molecule has 0 atom stereocenters. The molecule has 0 amide bonds. The summed E-state index contributed by atoms with van der Waals surface area (Å²) in [6, 6.07) is 5.46. The van der Waals surface area contributed by atoms with Gasteiger partial charge in [-0.3, -0.25) is 0 Å².